The first kappa shape index (κ1) is 18.7. The topological polar surface area (TPSA) is 44.8 Å². The predicted molar refractivity (Wildman–Crippen MR) is 112 cm³/mol. The fourth-order valence-corrected chi connectivity index (χ4v) is 4.07. The summed E-state index contributed by atoms with van der Waals surface area (Å²) in [5, 5.41) is 3.23. The second-order valence-electron chi connectivity index (χ2n) is 7.84. The molecule has 0 saturated carbocycles. The largest absolute Gasteiger partial charge is 0.489 e. The Labute approximate surface area is 167 Å². The number of benzene rings is 2. The molecule has 1 N–H and O–H groups in total. The summed E-state index contributed by atoms with van der Waals surface area (Å²) in [5.74, 6) is 0.873. The average molecular weight is 380 g/mol. The van der Waals surface area contributed by atoms with Crippen LogP contribution in [0.15, 0.2) is 54.6 Å². The Morgan fingerprint density at radius 2 is 1.79 bits per heavy atom. The van der Waals surface area contributed by atoms with Crippen LogP contribution in [0.4, 0.5) is 10.5 Å². The summed E-state index contributed by atoms with van der Waals surface area (Å²) in [6.45, 7) is 5.50. The van der Waals surface area contributed by atoms with Crippen LogP contribution in [-0.4, -0.2) is 49.3 Å². The molecule has 2 aromatic rings. The van der Waals surface area contributed by atoms with Crippen LogP contribution in [0.3, 0.4) is 0 Å². The number of nitrogens with zero attached hydrogens (tertiary/aromatic N) is 2. The standard InChI is InChI=1S/C23H29N3O2/c1-18-6-5-7-20(16-18)25-13-10-19(11-14-25)24-23(27)26-15-12-22(17-26)28-21-8-3-2-4-9-21/h2-9,16,19,22H,10-15,17H2,1H3,(H,24,27). The van der Waals surface area contributed by atoms with Crippen LogP contribution in [-0.2, 0) is 0 Å². The van der Waals surface area contributed by atoms with E-state index in [1.54, 1.807) is 0 Å². The molecule has 2 aliphatic heterocycles. The van der Waals surface area contributed by atoms with Gasteiger partial charge in [0.2, 0.25) is 0 Å². The summed E-state index contributed by atoms with van der Waals surface area (Å²) in [7, 11) is 0. The van der Waals surface area contributed by atoms with Gasteiger partial charge in [-0.05, 0) is 49.6 Å². The molecule has 2 aromatic carbocycles. The number of anilines is 1. The van der Waals surface area contributed by atoms with E-state index < -0.39 is 0 Å². The van der Waals surface area contributed by atoms with Crippen LogP contribution in [0.1, 0.15) is 24.8 Å². The molecule has 28 heavy (non-hydrogen) atoms. The van der Waals surface area contributed by atoms with Gasteiger partial charge < -0.3 is 19.9 Å². The highest BCUT2D eigenvalue weighted by molar-refractivity contribution is 5.75. The van der Waals surface area contributed by atoms with E-state index in [1.807, 2.05) is 35.2 Å². The zero-order valence-electron chi connectivity index (χ0n) is 16.5. The number of aryl methyl sites for hydroxylation is 1. The molecule has 0 spiro atoms. The maximum atomic E-state index is 12.7. The van der Waals surface area contributed by atoms with Gasteiger partial charge in [0, 0.05) is 37.8 Å². The molecule has 5 heteroatoms. The van der Waals surface area contributed by atoms with Crippen molar-refractivity contribution in [1.29, 1.82) is 0 Å². The summed E-state index contributed by atoms with van der Waals surface area (Å²) in [4.78, 5) is 17.0. The summed E-state index contributed by atoms with van der Waals surface area (Å²) >= 11 is 0. The van der Waals surface area contributed by atoms with Crippen molar-refractivity contribution < 1.29 is 9.53 Å². The summed E-state index contributed by atoms with van der Waals surface area (Å²) in [6, 6.07) is 18.8. The van der Waals surface area contributed by atoms with Gasteiger partial charge in [-0.2, -0.15) is 0 Å². The highest BCUT2D eigenvalue weighted by Gasteiger charge is 2.29. The maximum Gasteiger partial charge on any atom is 0.317 e. The van der Waals surface area contributed by atoms with E-state index in [4.69, 9.17) is 4.74 Å². The van der Waals surface area contributed by atoms with Crippen molar-refractivity contribution >= 4 is 11.7 Å². The van der Waals surface area contributed by atoms with E-state index in [0.29, 0.717) is 6.54 Å². The Balaban J connectivity index is 1.23. The van der Waals surface area contributed by atoms with Crippen LogP contribution in [0.5, 0.6) is 5.75 Å². The molecule has 4 rings (SSSR count). The fourth-order valence-electron chi connectivity index (χ4n) is 4.07. The van der Waals surface area contributed by atoms with Gasteiger partial charge in [-0.15, -0.1) is 0 Å². The number of ether oxygens (including phenoxy) is 1. The monoisotopic (exact) mass is 379 g/mol. The molecule has 1 unspecified atom stereocenters. The second-order valence-corrected chi connectivity index (χ2v) is 7.84. The van der Waals surface area contributed by atoms with Gasteiger partial charge in [0.05, 0.1) is 6.54 Å². The van der Waals surface area contributed by atoms with Crippen molar-refractivity contribution in [2.75, 3.05) is 31.1 Å². The zero-order valence-corrected chi connectivity index (χ0v) is 16.5. The SMILES string of the molecule is Cc1cccc(N2CCC(NC(=O)N3CCC(Oc4ccccc4)C3)CC2)c1. The normalized spacial score (nSPS) is 20.2. The number of para-hydroxylation sites is 1. The van der Waals surface area contributed by atoms with Gasteiger partial charge in [0.15, 0.2) is 0 Å². The summed E-state index contributed by atoms with van der Waals surface area (Å²) in [6.07, 6.45) is 2.93. The molecule has 0 aromatic heterocycles. The number of rotatable bonds is 4. The smallest absolute Gasteiger partial charge is 0.317 e. The number of carbonyl (C=O) groups excluding carboxylic acids is 1. The molecule has 2 fully saturated rings. The molecule has 2 heterocycles. The predicted octanol–water partition coefficient (Wildman–Crippen LogP) is 3.83. The minimum atomic E-state index is 0.0492. The number of hydrogen-bond acceptors (Lipinski definition) is 3. The summed E-state index contributed by atoms with van der Waals surface area (Å²) in [5.41, 5.74) is 2.57. The number of likely N-dealkylation sites (tertiary alicyclic amines) is 1. The van der Waals surface area contributed by atoms with Crippen LogP contribution in [0, 0.1) is 6.92 Å². The molecule has 5 nitrogen and oxygen atoms in total. The van der Waals surface area contributed by atoms with Crippen molar-refractivity contribution in [3.8, 4) is 5.75 Å². The molecular weight excluding hydrogens is 350 g/mol. The Hall–Kier alpha value is -2.69. The third kappa shape index (κ3) is 4.58. The van der Waals surface area contributed by atoms with Crippen molar-refractivity contribution in [2.24, 2.45) is 0 Å². The number of carbonyl (C=O) groups is 1. The second kappa shape index (κ2) is 8.55. The molecule has 0 aliphatic carbocycles. The molecule has 2 amide bonds. The van der Waals surface area contributed by atoms with Crippen molar-refractivity contribution in [2.45, 2.75) is 38.3 Å². The number of nitrogens with one attached hydrogen (secondary N) is 1. The first-order chi connectivity index (χ1) is 13.7. The van der Waals surface area contributed by atoms with E-state index in [1.165, 1.54) is 11.3 Å². The van der Waals surface area contributed by atoms with Gasteiger partial charge in [-0.3, -0.25) is 0 Å². The molecule has 0 radical (unpaired) electrons. The third-order valence-corrected chi connectivity index (χ3v) is 5.67. The van der Waals surface area contributed by atoms with Gasteiger partial charge >= 0.3 is 6.03 Å². The molecule has 2 aliphatic rings. The van der Waals surface area contributed by atoms with E-state index in [0.717, 1.165) is 44.6 Å². The van der Waals surface area contributed by atoms with Crippen molar-refractivity contribution in [1.82, 2.24) is 10.2 Å². The lowest BCUT2D eigenvalue weighted by atomic mass is 10.0. The Morgan fingerprint density at radius 3 is 2.54 bits per heavy atom. The highest BCUT2D eigenvalue weighted by atomic mass is 16.5. The molecule has 0 bridgehead atoms. The quantitative estimate of drug-likeness (QED) is 0.878. The lowest BCUT2D eigenvalue weighted by Gasteiger charge is -2.34. The van der Waals surface area contributed by atoms with Gasteiger partial charge in [0.25, 0.3) is 0 Å². The van der Waals surface area contributed by atoms with E-state index in [9.17, 15) is 4.79 Å². The first-order valence-corrected chi connectivity index (χ1v) is 10.3. The van der Waals surface area contributed by atoms with Crippen LogP contribution >= 0.6 is 0 Å². The fraction of sp³-hybridized carbons (Fsp3) is 0.435. The third-order valence-electron chi connectivity index (χ3n) is 5.67. The Kier molecular flexibility index (Phi) is 5.70. The van der Waals surface area contributed by atoms with Crippen molar-refractivity contribution in [3.63, 3.8) is 0 Å². The average Bonchev–Trinajstić information content (AvgIpc) is 3.18. The lowest BCUT2D eigenvalue weighted by molar-refractivity contribution is 0.183. The number of urea groups is 1. The minimum absolute atomic E-state index is 0.0492. The summed E-state index contributed by atoms with van der Waals surface area (Å²) < 4.78 is 5.99. The molecule has 2 saturated heterocycles. The van der Waals surface area contributed by atoms with Crippen molar-refractivity contribution in [3.05, 3.63) is 60.2 Å². The Morgan fingerprint density at radius 1 is 1.00 bits per heavy atom. The van der Waals surface area contributed by atoms with Crippen LogP contribution < -0.4 is 15.0 Å². The number of piperidine rings is 1. The van der Waals surface area contributed by atoms with E-state index in [-0.39, 0.29) is 18.2 Å². The highest BCUT2D eigenvalue weighted by Crippen LogP contribution is 2.22. The molecule has 1 atom stereocenters. The lowest BCUT2D eigenvalue weighted by Crippen LogP contribution is -2.49. The zero-order chi connectivity index (χ0) is 19.3. The first-order valence-electron chi connectivity index (χ1n) is 10.3. The van der Waals surface area contributed by atoms with E-state index >= 15 is 0 Å². The minimum Gasteiger partial charge on any atom is -0.489 e. The molecule has 148 valence electrons. The van der Waals surface area contributed by atoms with Crippen LogP contribution in [0.2, 0.25) is 0 Å². The molecular formula is C23H29N3O2. The van der Waals surface area contributed by atoms with E-state index in [2.05, 4.69) is 41.4 Å². The van der Waals surface area contributed by atoms with Gasteiger partial charge in [0.1, 0.15) is 11.9 Å². The number of amides is 2. The van der Waals surface area contributed by atoms with Gasteiger partial charge in [-0.25, -0.2) is 4.79 Å². The Bertz CT molecular complexity index is 787. The van der Waals surface area contributed by atoms with Gasteiger partial charge in [-0.1, -0.05) is 30.3 Å². The van der Waals surface area contributed by atoms with Crippen LogP contribution in [0.25, 0.3) is 0 Å². The maximum absolute atomic E-state index is 12.7. The number of hydrogen-bond donors (Lipinski definition) is 1.